The number of hydrogen-bond donors (Lipinski definition) is 1. The molecular formula is C14H20N2O3. The molecule has 1 aliphatic carbocycles. The highest BCUT2D eigenvalue weighted by Crippen LogP contribution is 2.18. The van der Waals surface area contributed by atoms with E-state index in [1.165, 1.54) is 0 Å². The summed E-state index contributed by atoms with van der Waals surface area (Å²) in [6.07, 6.45) is 2.05. The first-order chi connectivity index (χ1) is 9.02. The van der Waals surface area contributed by atoms with Gasteiger partial charge in [-0.05, 0) is 39.7 Å². The van der Waals surface area contributed by atoms with Gasteiger partial charge in [-0.1, -0.05) is 0 Å². The molecule has 2 rings (SSSR count). The Bertz CT molecular complexity index is 501. The van der Waals surface area contributed by atoms with Crippen molar-refractivity contribution in [3.8, 4) is 0 Å². The van der Waals surface area contributed by atoms with Gasteiger partial charge in [-0.3, -0.25) is 4.79 Å². The first kappa shape index (κ1) is 13.6. The van der Waals surface area contributed by atoms with Crippen LogP contribution < -0.4 is 5.32 Å². The molecule has 1 N–H and O–H groups in total. The van der Waals surface area contributed by atoms with Gasteiger partial charge < -0.3 is 14.6 Å². The third-order valence-electron chi connectivity index (χ3n) is 3.39. The molecule has 1 saturated carbocycles. The lowest BCUT2D eigenvalue weighted by Gasteiger charge is -2.07. The second kappa shape index (κ2) is 5.47. The highest BCUT2D eigenvalue weighted by atomic mass is 16.5. The molecular weight excluding hydrogens is 244 g/mol. The predicted molar refractivity (Wildman–Crippen MR) is 71.0 cm³/mol. The van der Waals surface area contributed by atoms with E-state index in [1.54, 1.807) is 6.07 Å². The Hall–Kier alpha value is -1.78. The molecule has 1 aliphatic rings. The number of nitrogens with one attached hydrogen (secondary N) is 1. The van der Waals surface area contributed by atoms with Crippen molar-refractivity contribution in [2.24, 2.45) is 0 Å². The molecule has 1 fully saturated rings. The summed E-state index contributed by atoms with van der Waals surface area (Å²) >= 11 is 0. The smallest absolute Gasteiger partial charge is 0.340 e. The van der Waals surface area contributed by atoms with Crippen LogP contribution in [0.5, 0.6) is 0 Å². The number of esters is 1. The minimum atomic E-state index is -0.432. The van der Waals surface area contributed by atoms with E-state index in [0.717, 1.165) is 30.8 Å². The number of ether oxygens (including phenoxy) is 1. The Kier molecular flexibility index (Phi) is 3.93. The summed E-state index contributed by atoms with van der Waals surface area (Å²) in [6.45, 7) is 6.47. The van der Waals surface area contributed by atoms with Crippen molar-refractivity contribution in [2.45, 2.75) is 46.2 Å². The van der Waals surface area contributed by atoms with E-state index in [0.29, 0.717) is 5.56 Å². The molecule has 1 aromatic rings. The van der Waals surface area contributed by atoms with Crippen LogP contribution in [0.4, 0.5) is 0 Å². The molecule has 1 amide bonds. The number of aryl methyl sites for hydroxylation is 1. The van der Waals surface area contributed by atoms with Gasteiger partial charge in [0.2, 0.25) is 0 Å². The summed E-state index contributed by atoms with van der Waals surface area (Å²) < 4.78 is 7.09. The van der Waals surface area contributed by atoms with Gasteiger partial charge in [0.25, 0.3) is 5.91 Å². The SMILES string of the molecule is CCn1c(C)cc(C(=O)OCC(=O)NC2CC2)c1C. The summed E-state index contributed by atoms with van der Waals surface area (Å²) in [6, 6.07) is 2.09. The van der Waals surface area contributed by atoms with Crippen molar-refractivity contribution in [1.82, 2.24) is 9.88 Å². The molecule has 0 bridgehead atoms. The van der Waals surface area contributed by atoms with Gasteiger partial charge in [0.1, 0.15) is 0 Å². The Morgan fingerprint density at radius 1 is 1.42 bits per heavy atom. The highest BCUT2D eigenvalue weighted by Gasteiger charge is 2.24. The van der Waals surface area contributed by atoms with Crippen LogP contribution in [0.1, 0.15) is 41.5 Å². The zero-order valence-electron chi connectivity index (χ0n) is 11.7. The zero-order valence-corrected chi connectivity index (χ0v) is 11.7. The van der Waals surface area contributed by atoms with E-state index < -0.39 is 5.97 Å². The molecule has 0 spiro atoms. The van der Waals surface area contributed by atoms with E-state index in [-0.39, 0.29) is 18.6 Å². The molecule has 0 radical (unpaired) electrons. The van der Waals surface area contributed by atoms with E-state index in [4.69, 9.17) is 4.74 Å². The second-order valence-electron chi connectivity index (χ2n) is 4.95. The van der Waals surface area contributed by atoms with Gasteiger partial charge >= 0.3 is 5.97 Å². The first-order valence-corrected chi connectivity index (χ1v) is 6.66. The van der Waals surface area contributed by atoms with Crippen molar-refractivity contribution < 1.29 is 14.3 Å². The van der Waals surface area contributed by atoms with Crippen LogP contribution in [0, 0.1) is 13.8 Å². The standard InChI is InChI=1S/C14H20N2O3/c1-4-16-9(2)7-12(10(16)3)14(18)19-8-13(17)15-11-5-6-11/h7,11H,4-6,8H2,1-3H3,(H,15,17). The van der Waals surface area contributed by atoms with Gasteiger partial charge in [-0.15, -0.1) is 0 Å². The lowest BCUT2D eigenvalue weighted by molar-refractivity contribution is -0.124. The van der Waals surface area contributed by atoms with E-state index >= 15 is 0 Å². The Morgan fingerprint density at radius 2 is 2.11 bits per heavy atom. The molecule has 104 valence electrons. The van der Waals surface area contributed by atoms with Crippen molar-refractivity contribution in [3.63, 3.8) is 0 Å². The van der Waals surface area contributed by atoms with E-state index in [9.17, 15) is 9.59 Å². The van der Waals surface area contributed by atoms with Crippen molar-refractivity contribution in [1.29, 1.82) is 0 Å². The molecule has 0 atom stereocenters. The molecule has 5 nitrogen and oxygen atoms in total. The third kappa shape index (κ3) is 3.16. The maximum Gasteiger partial charge on any atom is 0.340 e. The molecule has 5 heteroatoms. The maximum absolute atomic E-state index is 11.9. The molecule has 0 saturated heterocycles. The Labute approximate surface area is 112 Å². The van der Waals surface area contributed by atoms with E-state index in [1.807, 2.05) is 25.3 Å². The second-order valence-corrected chi connectivity index (χ2v) is 4.95. The molecule has 19 heavy (non-hydrogen) atoms. The molecule has 1 aromatic heterocycles. The lowest BCUT2D eigenvalue weighted by Crippen LogP contribution is -2.30. The molecule has 1 heterocycles. The minimum absolute atomic E-state index is 0.203. The number of amides is 1. The third-order valence-corrected chi connectivity index (χ3v) is 3.39. The van der Waals surface area contributed by atoms with Gasteiger partial charge in [-0.2, -0.15) is 0 Å². The normalized spacial score (nSPS) is 14.3. The van der Waals surface area contributed by atoms with Crippen LogP contribution in [0.15, 0.2) is 6.07 Å². The molecule has 0 aromatic carbocycles. The van der Waals surface area contributed by atoms with Crippen LogP contribution in [-0.2, 0) is 16.1 Å². The van der Waals surface area contributed by atoms with Gasteiger partial charge in [-0.25, -0.2) is 4.79 Å². The highest BCUT2D eigenvalue weighted by molar-refractivity contribution is 5.92. The average Bonchev–Trinajstić information content (AvgIpc) is 3.12. The fourth-order valence-corrected chi connectivity index (χ4v) is 2.20. The number of rotatable bonds is 5. The fourth-order valence-electron chi connectivity index (χ4n) is 2.20. The van der Waals surface area contributed by atoms with Crippen molar-refractivity contribution >= 4 is 11.9 Å². The number of nitrogens with zero attached hydrogens (tertiary/aromatic N) is 1. The maximum atomic E-state index is 11.9. The topological polar surface area (TPSA) is 60.3 Å². The monoisotopic (exact) mass is 264 g/mol. The summed E-state index contributed by atoms with van der Waals surface area (Å²) in [7, 11) is 0. The fraction of sp³-hybridized carbons (Fsp3) is 0.571. The zero-order chi connectivity index (χ0) is 14.0. The quantitative estimate of drug-likeness (QED) is 0.821. The average molecular weight is 264 g/mol. The van der Waals surface area contributed by atoms with Crippen LogP contribution in [0.3, 0.4) is 0 Å². The minimum Gasteiger partial charge on any atom is -0.452 e. The van der Waals surface area contributed by atoms with Crippen LogP contribution in [0.25, 0.3) is 0 Å². The number of carbonyl (C=O) groups excluding carboxylic acids is 2. The number of carbonyl (C=O) groups is 2. The lowest BCUT2D eigenvalue weighted by atomic mass is 10.2. The van der Waals surface area contributed by atoms with Crippen LogP contribution in [-0.4, -0.2) is 29.1 Å². The summed E-state index contributed by atoms with van der Waals surface area (Å²) in [5.74, 6) is -0.654. The summed E-state index contributed by atoms with van der Waals surface area (Å²) in [5, 5.41) is 2.78. The summed E-state index contributed by atoms with van der Waals surface area (Å²) in [4.78, 5) is 23.4. The molecule has 0 unspecified atom stereocenters. The predicted octanol–water partition coefficient (Wildman–Crippen LogP) is 1.56. The van der Waals surface area contributed by atoms with Gasteiger partial charge in [0.15, 0.2) is 6.61 Å². The Balaban J connectivity index is 1.93. The number of aromatic nitrogens is 1. The van der Waals surface area contributed by atoms with Crippen molar-refractivity contribution in [3.05, 3.63) is 23.0 Å². The Morgan fingerprint density at radius 3 is 2.63 bits per heavy atom. The van der Waals surface area contributed by atoms with Crippen LogP contribution >= 0.6 is 0 Å². The van der Waals surface area contributed by atoms with Crippen LogP contribution in [0.2, 0.25) is 0 Å². The number of hydrogen-bond acceptors (Lipinski definition) is 3. The summed E-state index contributed by atoms with van der Waals surface area (Å²) in [5.41, 5.74) is 2.44. The molecule has 0 aliphatic heterocycles. The van der Waals surface area contributed by atoms with Crippen molar-refractivity contribution in [2.75, 3.05) is 6.61 Å². The largest absolute Gasteiger partial charge is 0.452 e. The van der Waals surface area contributed by atoms with E-state index in [2.05, 4.69) is 5.32 Å². The first-order valence-electron chi connectivity index (χ1n) is 6.66. The van der Waals surface area contributed by atoms with Gasteiger partial charge in [0.05, 0.1) is 5.56 Å². The van der Waals surface area contributed by atoms with Gasteiger partial charge in [0, 0.05) is 24.0 Å².